The molecule has 0 saturated carbocycles. The molecule has 6 rings (SSSR count). The molecule has 1 aromatic heterocycles. The number of allylic oxidation sites excluding steroid dienone is 1. The van der Waals surface area contributed by atoms with Gasteiger partial charge in [-0.2, -0.15) is 0 Å². The monoisotopic (exact) mass is 530 g/mol. The van der Waals surface area contributed by atoms with Gasteiger partial charge in [0.15, 0.2) is 11.5 Å². The van der Waals surface area contributed by atoms with Crippen molar-refractivity contribution < 1.29 is 24.1 Å². The maximum Gasteiger partial charge on any atom is 0.255 e. The number of thiophene rings is 1. The summed E-state index contributed by atoms with van der Waals surface area (Å²) >= 11 is 1.51. The van der Waals surface area contributed by atoms with Crippen LogP contribution in [0.5, 0.6) is 17.2 Å². The van der Waals surface area contributed by atoms with Crippen molar-refractivity contribution in [2.75, 3.05) is 38.7 Å². The highest BCUT2D eigenvalue weighted by Gasteiger charge is 2.34. The molecular weight excluding hydrogens is 500 g/mol. The number of aromatic hydroxyl groups is 1. The summed E-state index contributed by atoms with van der Waals surface area (Å²) in [5.41, 5.74) is 6.10. The standard InChI is InChI=1S/C30H30N2O5S/c1-17-16-30(2,3)31-20-6-5-19-26(25(17)20)23(37-22-8-7-21(33)28(35-4)27(19)22)15-24-18(9-14-38-24)29(34)32-10-12-36-13-11-32/h5-9,14-16,31,33H,10-13H2,1-4H3/b23-15-. The van der Waals surface area contributed by atoms with Crippen LogP contribution in [0.4, 0.5) is 5.69 Å². The number of rotatable bonds is 3. The van der Waals surface area contributed by atoms with Crippen LogP contribution in [0.15, 0.2) is 41.8 Å². The molecule has 3 aromatic rings. The van der Waals surface area contributed by atoms with Gasteiger partial charge in [-0.1, -0.05) is 12.1 Å². The maximum absolute atomic E-state index is 13.4. The van der Waals surface area contributed by atoms with Gasteiger partial charge >= 0.3 is 0 Å². The number of nitrogens with one attached hydrogen (secondary N) is 1. The topological polar surface area (TPSA) is 80.3 Å². The summed E-state index contributed by atoms with van der Waals surface area (Å²) in [6, 6.07) is 9.32. The zero-order valence-corrected chi connectivity index (χ0v) is 22.7. The van der Waals surface area contributed by atoms with E-state index in [2.05, 4.69) is 38.2 Å². The quantitative estimate of drug-likeness (QED) is 0.426. The number of nitrogens with zero attached hydrogens (tertiary/aromatic N) is 1. The molecule has 1 saturated heterocycles. The summed E-state index contributed by atoms with van der Waals surface area (Å²) in [6.07, 6.45) is 4.17. The van der Waals surface area contributed by atoms with Gasteiger partial charge in [0.2, 0.25) is 0 Å². The van der Waals surface area contributed by atoms with Crippen molar-refractivity contribution in [3.8, 4) is 28.4 Å². The lowest BCUT2D eigenvalue weighted by molar-refractivity contribution is 0.0303. The lowest BCUT2D eigenvalue weighted by Crippen LogP contribution is -2.40. The fraction of sp³-hybridized carbons (Fsp3) is 0.300. The number of methoxy groups -OCH3 is 1. The molecule has 0 unspecified atom stereocenters. The fourth-order valence-electron chi connectivity index (χ4n) is 5.61. The largest absolute Gasteiger partial charge is 0.504 e. The molecule has 0 spiro atoms. The van der Waals surface area contributed by atoms with Crippen LogP contribution in [-0.2, 0) is 4.74 Å². The predicted octanol–water partition coefficient (Wildman–Crippen LogP) is 6.10. The predicted molar refractivity (Wildman–Crippen MR) is 151 cm³/mol. The number of fused-ring (bicyclic) bond motifs is 5. The number of ether oxygens (including phenoxy) is 3. The Kier molecular flexibility index (Phi) is 5.96. The molecule has 8 heteroatoms. The van der Waals surface area contributed by atoms with Crippen LogP contribution in [0.2, 0.25) is 0 Å². The van der Waals surface area contributed by atoms with E-state index in [1.165, 1.54) is 11.3 Å². The van der Waals surface area contributed by atoms with Gasteiger partial charge in [-0.05, 0) is 62.1 Å². The van der Waals surface area contributed by atoms with Gasteiger partial charge < -0.3 is 29.5 Å². The Labute approximate surface area is 226 Å². The smallest absolute Gasteiger partial charge is 0.255 e. The third-order valence-electron chi connectivity index (χ3n) is 7.16. The Bertz CT molecular complexity index is 1510. The number of hydrogen-bond donors (Lipinski definition) is 2. The molecule has 196 valence electrons. The van der Waals surface area contributed by atoms with Crippen LogP contribution in [-0.4, -0.2) is 54.9 Å². The summed E-state index contributed by atoms with van der Waals surface area (Å²) < 4.78 is 17.6. The van der Waals surface area contributed by atoms with Crippen LogP contribution < -0.4 is 14.8 Å². The highest BCUT2D eigenvalue weighted by Crippen LogP contribution is 2.54. The number of benzene rings is 2. The molecule has 7 nitrogen and oxygen atoms in total. The van der Waals surface area contributed by atoms with Crippen molar-refractivity contribution in [2.45, 2.75) is 26.3 Å². The van der Waals surface area contributed by atoms with Crippen LogP contribution in [0.3, 0.4) is 0 Å². The molecule has 1 amide bonds. The third-order valence-corrected chi connectivity index (χ3v) is 8.02. The average Bonchev–Trinajstić information content (AvgIpc) is 3.36. The second-order valence-corrected chi connectivity index (χ2v) is 11.2. The van der Waals surface area contributed by atoms with Crippen molar-refractivity contribution in [1.29, 1.82) is 0 Å². The van der Waals surface area contributed by atoms with Gasteiger partial charge in [0, 0.05) is 40.3 Å². The highest BCUT2D eigenvalue weighted by molar-refractivity contribution is 7.11. The van der Waals surface area contributed by atoms with Crippen LogP contribution in [0.25, 0.3) is 28.5 Å². The minimum Gasteiger partial charge on any atom is -0.504 e. The lowest BCUT2D eigenvalue weighted by atomic mass is 9.83. The molecule has 4 heterocycles. The molecular formula is C30H30N2O5S. The van der Waals surface area contributed by atoms with E-state index in [-0.39, 0.29) is 17.2 Å². The van der Waals surface area contributed by atoms with E-state index in [1.54, 1.807) is 19.2 Å². The molecule has 38 heavy (non-hydrogen) atoms. The van der Waals surface area contributed by atoms with Gasteiger partial charge in [0.1, 0.15) is 11.5 Å². The number of amides is 1. The molecule has 3 aliphatic heterocycles. The molecule has 1 fully saturated rings. The van der Waals surface area contributed by atoms with Gasteiger partial charge in [0.25, 0.3) is 5.91 Å². The van der Waals surface area contributed by atoms with E-state index < -0.39 is 0 Å². The summed E-state index contributed by atoms with van der Waals surface area (Å²) in [6.45, 7) is 8.65. The minimum absolute atomic E-state index is 0.000919. The number of morpholine rings is 1. The van der Waals surface area contributed by atoms with Crippen molar-refractivity contribution in [3.63, 3.8) is 0 Å². The number of carbonyl (C=O) groups is 1. The first-order valence-corrected chi connectivity index (χ1v) is 13.5. The summed E-state index contributed by atoms with van der Waals surface area (Å²) in [4.78, 5) is 16.1. The minimum atomic E-state index is -0.204. The van der Waals surface area contributed by atoms with Crippen LogP contribution in [0.1, 0.15) is 47.1 Å². The normalized spacial score (nSPS) is 18.5. The first-order chi connectivity index (χ1) is 18.3. The zero-order valence-electron chi connectivity index (χ0n) is 21.9. The Morgan fingerprint density at radius 1 is 1.13 bits per heavy atom. The van der Waals surface area contributed by atoms with Crippen LogP contribution in [0, 0.1) is 0 Å². The van der Waals surface area contributed by atoms with Crippen molar-refractivity contribution >= 4 is 40.3 Å². The fourth-order valence-corrected chi connectivity index (χ4v) is 6.42. The van der Waals surface area contributed by atoms with Crippen molar-refractivity contribution in [2.24, 2.45) is 0 Å². The molecule has 0 aliphatic carbocycles. The van der Waals surface area contributed by atoms with Gasteiger partial charge in [-0.3, -0.25) is 4.79 Å². The van der Waals surface area contributed by atoms with E-state index in [0.717, 1.165) is 32.8 Å². The van der Waals surface area contributed by atoms with Gasteiger partial charge in [-0.15, -0.1) is 11.3 Å². The Morgan fingerprint density at radius 3 is 2.68 bits per heavy atom. The highest BCUT2D eigenvalue weighted by atomic mass is 32.1. The van der Waals surface area contributed by atoms with E-state index >= 15 is 0 Å². The number of phenolic OH excluding ortho intramolecular Hbond substituents is 1. The van der Waals surface area contributed by atoms with Crippen LogP contribution >= 0.6 is 11.3 Å². The van der Waals surface area contributed by atoms with E-state index in [9.17, 15) is 9.90 Å². The van der Waals surface area contributed by atoms with Gasteiger partial charge in [0.05, 0.1) is 37.0 Å². The number of hydrogen-bond acceptors (Lipinski definition) is 7. The first-order valence-electron chi connectivity index (χ1n) is 12.7. The second-order valence-electron chi connectivity index (χ2n) is 10.3. The van der Waals surface area contributed by atoms with Crippen molar-refractivity contribution in [1.82, 2.24) is 4.90 Å². The SMILES string of the molecule is COc1c(O)ccc2c1-c1ccc3c(c1/C(=C/c1sccc1C(=O)N1CCOCC1)O2)C(C)=CC(C)(C)N3. The molecule has 2 N–H and O–H groups in total. The lowest BCUT2D eigenvalue weighted by Gasteiger charge is -2.35. The van der Waals surface area contributed by atoms with E-state index in [0.29, 0.717) is 54.7 Å². The Morgan fingerprint density at radius 2 is 1.92 bits per heavy atom. The molecule has 0 bridgehead atoms. The Hall–Kier alpha value is -3.75. The summed E-state index contributed by atoms with van der Waals surface area (Å²) in [7, 11) is 1.54. The number of phenols is 1. The summed E-state index contributed by atoms with van der Waals surface area (Å²) in [5.74, 6) is 1.65. The molecule has 2 aromatic carbocycles. The average molecular weight is 531 g/mol. The van der Waals surface area contributed by atoms with Gasteiger partial charge in [-0.25, -0.2) is 0 Å². The van der Waals surface area contributed by atoms with E-state index in [1.807, 2.05) is 28.5 Å². The number of carbonyl (C=O) groups excluding carboxylic acids is 1. The maximum atomic E-state index is 13.4. The molecule has 3 aliphatic rings. The molecule has 0 atom stereocenters. The third kappa shape index (κ3) is 4.04. The Balaban J connectivity index is 1.55. The summed E-state index contributed by atoms with van der Waals surface area (Å²) in [5, 5.41) is 16.1. The zero-order chi connectivity index (χ0) is 26.6. The second kappa shape index (κ2) is 9.22. The first kappa shape index (κ1) is 24.6. The van der Waals surface area contributed by atoms with Crippen molar-refractivity contribution in [3.05, 3.63) is 63.4 Å². The number of anilines is 1. The van der Waals surface area contributed by atoms with E-state index in [4.69, 9.17) is 14.2 Å². The molecule has 0 radical (unpaired) electrons.